The molecule has 2 aromatic rings. The standard InChI is InChI=1S/C24H30N2O3S/c1-24(2)14-18-21(17-7-5-6-16(12-17)13-20(28)25(3)4)23(26-8-10-29-11-9-26)30-22(18)19(27)15-24/h5-7,12H,8-11,13-15H2,1-4H3. The summed E-state index contributed by atoms with van der Waals surface area (Å²) >= 11 is 1.64. The fraction of sp³-hybridized carbons (Fsp3) is 0.500. The Morgan fingerprint density at radius 2 is 1.93 bits per heavy atom. The molecule has 1 aliphatic heterocycles. The van der Waals surface area contributed by atoms with E-state index in [1.807, 2.05) is 12.1 Å². The van der Waals surface area contributed by atoms with Crippen LogP contribution in [0.3, 0.4) is 0 Å². The van der Waals surface area contributed by atoms with Crippen LogP contribution in [0.1, 0.15) is 41.1 Å². The summed E-state index contributed by atoms with van der Waals surface area (Å²) in [5.41, 5.74) is 4.42. The van der Waals surface area contributed by atoms with Gasteiger partial charge in [0, 0.05) is 39.2 Å². The number of likely N-dealkylation sites (N-methyl/N-ethyl adjacent to an activating group) is 1. The van der Waals surface area contributed by atoms with Crippen molar-refractivity contribution < 1.29 is 14.3 Å². The van der Waals surface area contributed by atoms with Gasteiger partial charge in [-0.15, -0.1) is 11.3 Å². The highest BCUT2D eigenvalue weighted by atomic mass is 32.1. The number of ketones is 1. The molecular weight excluding hydrogens is 396 g/mol. The summed E-state index contributed by atoms with van der Waals surface area (Å²) in [7, 11) is 3.57. The van der Waals surface area contributed by atoms with Gasteiger partial charge >= 0.3 is 0 Å². The summed E-state index contributed by atoms with van der Waals surface area (Å²) in [6, 6.07) is 8.27. The predicted molar refractivity (Wildman–Crippen MR) is 122 cm³/mol. The molecule has 5 nitrogen and oxygen atoms in total. The van der Waals surface area contributed by atoms with Gasteiger partial charge in [0.1, 0.15) is 0 Å². The zero-order valence-corrected chi connectivity index (χ0v) is 19.1. The average molecular weight is 427 g/mol. The molecule has 1 fully saturated rings. The van der Waals surface area contributed by atoms with Crippen LogP contribution in [-0.4, -0.2) is 57.0 Å². The lowest BCUT2D eigenvalue weighted by Crippen LogP contribution is -2.36. The predicted octanol–water partition coefficient (Wildman–Crippen LogP) is 4.04. The number of nitrogens with zero attached hydrogens (tertiary/aromatic N) is 2. The quantitative estimate of drug-likeness (QED) is 0.740. The number of thiophene rings is 1. The molecule has 2 aliphatic rings. The molecule has 1 saturated heterocycles. The number of hydrogen-bond acceptors (Lipinski definition) is 5. The van der Waals surface area contributed by atoms with Crippen LogP contribution < -0.4 is 4.90 Å². The highest BCUT2D eigenvalue weighted by Gasteiger charge is 2.37. The molecule has 160 valence electrons. The number of rotatable bonds is 4. The lowest BCUT2D eigenvalue weighted by Gasteiger charge is -2.30. The molecule has 0 unspecified atom stereocenters. The number of Topliss-reactive ketones (excluding diaryl/α,β-unsaturated/α-hetero) is 1. The second-order valence-electron chi connectivity index (χ2n) is 9.30. The van der Waals surface area contributed by atoms with Crippen molar-refractivity contribution in [1.82, 2.24) is 4.90 Å². The number of hydrogen-bond donors (Lipinski definition) is 0. The number of benzene rings is 1. The van der Waals surface area contributed by atoms with Gasteiger partial charge in [0.05, 0.1) is 29.5 Å². The minimum absolute atomic E-state index is 0.0410. The van der Waals surface area contributed by atoms with E-state index >= 15 is 0 Å². The second kappa shape index (κ2) is 8.16. The first-order chi connectivity index (χ1) is 14.2. The molecule has 1 amide bonds. The van der Waals surface area contributed by atoms with Crippen LogP contribution in [0.5, 0.6) is 0 Å². The SMILES string of the molecule is CN(C)C(=O)Cc1cccc(-c2c(N3CCOCC3)sc3c2CC(C)(C)CC3=O)c1. The topological polar surface area (TPSA) is 49.9 Å². The van der Waals surface area contributed by atoms with Gasteiger partial charge in [-0.3, -0.25) is 9.59 Å². The number of fused-ring (bicyclic) bond motifs is 1. The van der Waals surface area contributed by atoms with E-state index in [4.69, 9.17) is 4.74 Å². The van der Waals surface area contributed by atoms with E-state index in [2.05, 4.69) is 30.9 Å². The lowest BCUT2D eigenvalue weighted by molar-refractivity contribution is -0.127. The number of carbonyl (C=O) groups is 2. The lowest BCUT2D eigenvalue weighted by atomic mass is 9.75. The maximum Gasteiger partial charge on any atom is 0.226 e. The van der Waals surface area contributed by atoms with Gasteiger partial charge in [-0.05, 0) is 28.5 Å². The van der Waals surface area contributed by atoms with E-state index in [1.54, 1.807) is 30.3 Å². The van der Waals surface area contributed by atoms with Crippen LogP contribution in [0.25, 0.3) is 11.1 Å². The van der Waals surface area contributed by atoms with Crippen molar-refractivity contribution in [2.24, 2.45) is 5.41 Å². The summed E-state index contributed by atoms with van der Waals surface area (Å²) in [5, 5.41) is 1.17. The van der Waals surface area contributed by atoms with Crippen LogP contribution in [0, 0.1) is 5.41 Å². The van der Waals surface area contributed by atoms with Gasteiger partial charge in [0.15, 0.2) is 5.78 Å². The first kappa shape index (κ1) is 21.1. The van der Waals surface area contributed by atoms with E-state index < -0.39 is 0 Å². The molecular formula is C24H30N2O3S. The normalized spacial score (nSPS) is 18.3. The molecule has 1 aromatic heterocycles. The van der Waals surface area contributed by atoms with Gasteiger partial charge < -0.3 is 14.5 Å². The Morgan fingerprint density at radius 3 is 2.63 bits per heavy atom. The van der Waals surface area contributed by atoms with Crippen LogP contribution in [-0.2, 0) is 22.4 Å². The number of anilines is 1. The fourth-order valence-electron chi connectivity index (χ4n) is 4.36. The first-order valence-electron chi connectivity index (χ1n) is 10.6. The van der Waals surface area contributed by atoms with Crippen molar-refractivity contribution in [3.05, 3.63) is 40.3 Å². The highest BCUT2D eigenvalue weighted by molar-refractivity contribution is 7.19. The van der Waals surface area contributed by atoms with Crippen molar-refractivity contribution >= 4 is 28.0 Å². The van der Waals surface area contributed by atoms with E-state index in [9.17, 15) is 9.59 Å². The highest BCUT2D eigenvalue weighted by Crippen LogP contribution is 2.49. The van der Waals surface area contributed by atoms with Gasteiger partial charge in [0.2, 0.25) is 5.91 Å². The van der Waals surface area contributed by atoms with Gasteiger partial charge in [0.25, 0.3) is 0 Å². The molecule has 6 heteroatoms. The van der Waals surface area contributed by atoms with E-state index in [-0.39, 0.29) is 17.1 Å². The van der Waals surface area contributed by atoms with Crippen molar-refractivity contribution in [3.8, 4) is 11.1 Å². The van der Waals surface area contributed by atoms with E-state index in [1.165, 1.54) is 16.1 Å². The van der Waals surface area contributed by atoms with Crippen LogP contribution >= 0.6 is 11.3 Å². The third kappa shape index (κ3) is 4.16. The molecule has 0 N–H and O–H groups in total. The molecule has 30 heavy (non-hydrogen) atoms. The second-order valence-corrected chi connectivity index (χ2v) is 10.3. The van der Waals surface area contributed by atoms with Crippen LogP contribution in [0.15, 0.2) is 24.3 Å². The van der Waals surface area contributed by atoms with E-state index in [0.717, 1.165) is 35.5 Å². The third-order valence-corrected chi connectivity index (χ3v) is 7.24. The molecule has 1 aromatic carbocycles. The molecule has 0 spiro atoms. The third-order valence-electron chi connectivity index (χ3n) is 5.90. The summed E-state index contributed by atoms with van der Waals surface area (Å²) < 4.78 is 5.56. The minimum atomic E-state index is -0.0410. The molecule has 0 radical (unpaired) electrons. The molecule has 0 saturated carbocycles. The summed E-state index contributed by atoms with van der Waals surface area (Å²) in [4.78, 5) is 30.1. The number of carbonyl (C=O) groups excluding carboxylic acids is 2. The van der Waals surface area contributed by atoms with Gasteiger partial charge in [-0.2, -0.15) is 0 Å². The van der Waals surface area contributed by atoms with Crippen molar-refractivity contribution in [3.63, 3.8) is 0 Å². The zero-order chi connectivity index (χ0) is 21.5. The Balaban J connectivity index is 1.82. The van der Waals surface area contributed by atoms with Crippen LogP contribution in [0.4, 0.5) is 5.00 Å². The number of amides is 1. The largest absolute Gasteiger partial charge is 0.378 e. The Morgan fingerprint density at radius 1 is 1.20 bits per heavy atom. The fourth-order valence-corrected chi connectivity index (χ4v) is 5.69. The molecule has 0 bridgehead atoms. The average Bonchev–Trinajstić information content (AvgIpc) is 3.07. The zero-order valence-electron chi connectivity index (χ0n) is 18.3. The van der Waals surface area contributed by atoms with Gasteiger partial charge in [-0.25, -0.2) is 0 Å². The smallest absolute Gasteiger partial charge is 0.226 e. The van der Waals surface area contributed by atoms with Crippen LogP contribution in [0.2, 0.25) is 0 Å². The van der Waals surface area contributed by atoms with Crippen molar-refractivity contribution in [2.45, 2.75) is 33.1 Å². The molecule has 2 heterocycles. The number of ether oxygens (including phenoxy) is 1. The Kier molecular flexibility index (Phi) is 5.73. The first-order valence-corrected chi connectivity index (χ1v) is 11.4. The summed E-state index contributed by atoms with van der Waals surface area (Å²) in [6.07, 6.45) is 1.87. The molecule has 1 aliphatic carbocycles. The van der Waals surface area contributed by atoms with E-state index in [0.29, 0.717) is 26.1 Å². The number of morpholine rings is 1. The Hall–Kier alpha value is -2.18. The Labute approximate surface area is 182 Å². The molecule has 0 atom stereocenters. The minimum Gasteiger partial charge on any atom is -0.378 e. The Bertz CT molecular complexity index is 971. The maximum atomic E-state index is 13.0. The molecule has 4 rings (SSSR count). The maximum absolute atomic E-state index is 13.0. The summed E-state index contributed by atoms with van der Waals surface area (Å²) in [5.74, 6) is 0.343. The van der Waals surface area contributed by atoms with Crippen molar-refractivity contribution in [2.75, 3.05) is 45.3 Å². The summed E-state index contributed by atoms with van der Waals surface area (Å²) in [6.45, 7) is 7.44. The van der Waals surface area contributed by atoms with Gasteiger partial charge in [-0.1, -0.05) is 38.1 Å². The van der Waals surface area contributed by atoms with Crippen molar-refractivity contribution in [1.29, 1.82) is 0 Å². The monoisotopic (exact) mass is 426 g/mol.